The van der Waals surface area contributed by atoms with Gasteiger partial charge in [0.05, 0.1) is 0 Å². The SMILES string of the molecule is O=C1CCCN1CCCN[C@H]1CCC[C@@H](Oc2ccc(F)cc2)[C@@H]1O. The third-order valence-corrected chi connectivity index (χ3v) is 5.08. The fourth-order valence-electron chi connectivity index (χ4n) is 3.68. The highest BCUT2D eigenvalue weighted by Gasteiger charge is 2.33. The highest BCUT2D eigenvalue weighted by molar-refractivity contribution is 5.77. The summed E-state index contributed by atoms with van der Waals surface area (Å²) in [6.07, 6.45) is 4.34. The monoisotopic (exact) mass is 350 g/mol. The fourth-order valence-corrected chi connectivity index (χ4v) is 3.68. The van der Waals surface area contributed by atoms with E-state index in [2.05, 4.69) is 5.32 Å². The highest BCUT2D eigenvalue weighted by atomic mass is 19.1. The summed E-state index contributed by atoms with van der Waals surface area (Å²) in [7, 11) is 0. The molecule has 2 N–H and O–H groups in total. The van der Waals surface area contributed by atoms with Gasteiger partial charge < -0.3 is 20.1 Å². The van der Waals surface area contributed by atoms with Crippen LogP contribution in [0.1, 0.15) is 38.5 Å². The van der Waals surface area contributed by atoms with Crippen LogP contribution in [0.2, 0.25) is 0 Å². The van der Waals surface area contributed by atoms with Gasteiger partial charge >= 0.3 is 0 Å². The van der Waals surface area contributed by atoms with Gasteiger partial charge in [-0.15, -0.1) is 0 Å². The Labute approximate surface area is 148 Å². The average molecular weight is 350 g/mol. The minimum atomic E-state index is -0.591. The van der Waals surface area contributed by atoms with Gasteiger partial charge in [0.15, 0.2) is 0 Å². The van der Waals surface area contributed by atoms with Crippen molar-refractivity contribution in [3.8, 4) is 5.75 Å². The summed E-state index contributed by atoms with van der Waals surface area (Å²) < 4.78 is 18.8. The number of halogens is 1. The van der Waals surface area contributed by atoms with E-state index in [1.165, 1.54) is 12.1 Å². The van der Waals surface area contributed by atoms with Crippen molar-refractivity contribution in [1.29, 1.82) is 0 Å². The number of hydrogen-bond acceptors (Lipinski definition) is 4. The molecule has 25 heavy (non-hydrogen) atoms. The van der Waals surface area contributed by atoms with Crippen LogP contribution in [-0.4, -0.2) is 53.8 Å². The zero-order valence-electron chi connectivity index (χ0n) is 14.5. The van der Waals surface area contributed by atoms with E-state index in [0.717, 1.165) is 51.7 Å². The maximum Gasteiger partial charge on any atom is 0.222 e. The number of aliphatic hydroxyl groups excluding tert-OH is 1. The molecule has 2 aliphatic rings. The minimum Gasteiger partial charge on any atom is -0.488 e. The molecule has 0 bridgehead atoms. The third kappa shape index (κ3) is 4.92. The number of carbonyl (C=O) groups is 1. The Morgan fingerprint density at radius 2 is 2.04 bits per heavy atom. The summed E-state index contributed by atoms with van der Waals surface area (Å²) >= 11 is 0. The van der Waals surface area contributed by atoms with Gasteiger partial charge in [-0.2, -0.15) is 0 Å². The summed E-state index contributed by atoms with van der Waals surface area (Å²) in [6, 6.07) is 5.89. The molecule has 6 heteroatoms. The maximum atomic E-state index is 13.0. The van der Waals surface area contributed by atoms with Gasteiger partial charge in [0.1, 0.15) is 23.8 Å². The first kappa shape index (κ1) is 18.1. The molecule has 138 valence electrons. The Hall–Kier alpha value is -1.66. The predicted octanol–water partition coefficient (Wildman–Crippen LogP) is 2.09. The zero-order valence-corrected chi connectivity index (χ0v) is 14.5. The predicted molar refractivity (Wildman–Crippen MR) is 92.9 cm³/mol. The molecule has 1 aliphatic heterocycles. The van der Waals surface area contributed by atoms with Crippen molar-refractivity contribution >= 4 is 5.91 Å². The first-order valence-electron chi connectivity index (χ1n) is 9.25. The summed E-state index contributed by atoms with van der Waals surface area (Å²) in [6.45, 7) is 2.43. The number of nitrogens with zero attached hydrogens (tertiary/aromatic N) is 1. The molecule has 0 spiro atoms. The van der Waals surface area contributed by atoms with Crippen LogP contribution in [0.25, 0.3) is 0 Å². The van der Waals surface area contributed by atoms with E-state index in [1.807, 2.05) is 4.90 Å². The standard InChI is InChI=1S/C19H27FN2O3/c20-14-7-9-15(10-8-14)25-17-5-1-4-16(19(17)24)21-11-3-13-22-12-2-6-18(22)23/h7-10,16-17,19,21,24H,1-6,11-13H2/t16-,17+,19+/m0/s1. The summed E-state index contributed by atoms with van der Waals surface area (Å²) in [4.78, 5) is 13.5. The molecule has 1 aliphatic carbocycles. The van der Waals surface area contributed by atoms with Gasteiger partial charge in [-0.1, -0.05) is 0 Å². The largest absolute Gasteiger partial charge is 0.488 e. The fraction of sp³-hybridized carbons (Fsp3) is 0.632. The first-order chi connectivity index (χ1) is 12.1. The van der Waals surface area contributed by atoms with Gasteiger partial charge in [0.2, 0.25) is 5.91 Å². The number of likely N-dealkylation sites (tertiary alicyclic amines) is 1. The first-order valence-corrected chi connectivity index (χ1v) is 9.25. The molecule has 0 unspecified atom stereocenters. The highest BCUT2D eigenvalue weighted by Crippen LogP contribution is 2.24. The van der Waals surface area contributed by atoms with Crippen molar-refractivity contribution in [2.75, 3.05) is 19.6 Å². The number of ether oxygens (including phenoxy) is 1. The zero-order chi connectivity index (χ0) is 17.6. The second kappa shape index (κ2) is 8.63. The number of carbonyl (C=O) groups excluding carboxylic acids is 1. The van der Waals surface area contributed by atoms with Gasteiger partial charge in [-0.25, -0.2) is 4.39 Å². The second-order valence-corrected chi connectivity index (χ2v) is 6.93. The molecule has 1 saturated heterocycles. The summed E-state index contributed by atoms with van der Waals surface area (Å²) in [5.74, 6) is 0.539. The van der Waals surface area contributed by atoms with Gasteiger partial charge in [-0.05, 0) is 62.9 Å². The van der Waals surface area contributed by atoms with Gasteiger partial charge in [-0.3, -0.25) is 4.79 Å². The van der Waals surface area contributed by atoms with Crippen molar-refractivity contribution in [3.63, 3.8) is 0 Å². The molecule has 2 fully saturated rings. The van der Waals surface area contributed by atoms with Gasteiger partial charge in [0, 0.05) is 25.6 Å². The Kier molecular flexibility index (Phi) is 6.26. The van der Waals surface area contributed by atoms with E-state index < -0.39 is 6.10 Å². The topological polar surface area (TPSA) is 61.8 Å². The van der Waals surface area contributed by atoms with Crippen molar-refractivity contribution in [3.05, 3.63) is 30.1 Å². The van der Waals surface area contributed by atoms with Gasteiger partial charge in [0.25, 0.3) is 0 Å². The third-order valence-electron chi connectivity index (χ3n) is 5.08. The molecule has 1 aromatic carbocycles. The van der Waals surface area contributed by atoms with E-state index in [0.29, 0.717) is 12.2 Å². The van der Waals surface area contributed by atoms with Crippen LogP contribution in [0.3, 0.4) is 0 Å². The Morgan fingerprint density at radius 3 is 2.76 bits per heavy atom. The molecule has 1 saturated carbocycles. The van der Waals surface area contributed by atoms with E-state index in [1.54, 1.807) is 12.1 Å². The smallest absolute Gasteiger partial charge is 0.222 e. The quantitative estimate of drug-likeness (QED) is 0.739. The molecular weight excluding hydrogens is 323 g/mol. The normalized spacial score (nSPS) is 26.9. The molecular formula is C19H27FN2O3. The lowest BCUT2D eigenvalue weighted by Crippen LogP contribution is -2.51. The molecule has 0 aromatic heterocycles. The minimum absolute atomic E-state index is 0.00604. The van der Waals surface area contributed by atoms with Crippen LogP contribution >= 0.6 is 0 Å². The maximum absolute atomic E-state index is 13.0. The lowest BCUT2D eigenvalue weighted by atomic mass is 9.89. The van der Waals surface area contributed by atoms with Crippen LogP contribution in [0.5, 0.6) is 5.75 Å². The van der Waals surface area contributed by atoms with Crippen LogP contribution in [0.15, 0.2) is 24.3 Å². The van der Waals surface area contributed by atoms with Crippen LogP contribution in [0.4, 0.5) is 4.39 Å². The van der Waals surface area contributed by atoms with Crippen LogP contribution < -0.4 is 10.1 Å². The summed E-state index contributed by atoms with van der Waals surface area (Å²) in [5, 5.41) is 14.0. The Morgan fingerprint density at radius 1 is 1.24 bits per heavy atom. The molecule has 3 rings (SSSR count). The lowest BCUT2D eigenvalue weighted by molar-refractivity contribution is -0.127. The molecule has 1 amide bonds. The summed E-state index contributed by atoms with van der Waals surface area (Å²) in [5.41, 5.74) is 0. The molecule has 3 atom stereocenters. The second-order valence-electron chi connectivity index (χ2n) is 6.93. The van der Waals surface area contributed by atoms with E-state index >= 15 is 0 Å². The van der Waals surface area contributed by atoms with Crippen molar-refractivity contribution < 1.29 is 19.0 Å². The number of rotatable bonds is 7. The van der Waals surface area contributed by atoms with E-state index in [9.17, 15) is 14.3 Å². The van der Waals surface area contributed by atoms with Crippen LogP contribution in [0, 0.1) is 5.82 Å². The molecule has 1 aromatic rings. The van der Waals surface area contributed by atoms with Crippen molar-refractivity contribution in [2.24, 2.45) is 0 Å². The van der Waals surface area contributed by atoms with E-state index in [4.69, 9.17) is 4.74 Å². The molecule has 0 radical (unpaired) electrons. The number of hydrogen-bond donors (Lipinski definition) is 2. The number of nitrogens with one attached hydrogen (secondary N) is 1. The molecule has 1 heterocycles. The number of aliphatic hydroxyl groups is 1. The molecule has 5 nitrogen and oxygen atoms in total. The Balaban J connectivity index is 1.42. The average Bonchev–Trinajstić information content (AvgIpc) is 3.02. The van der Waals surface area contributed by atoms with Crippen molar-refractivity contribution in [2.45, 2.75) is 56.8 Å². The number of benzene rings is 1. The number of amides is 1. The van der Waals surface area contributed by atoms with E-state index in [-0.39, 0.29) is 23.9 Å². The van der Waals surface area contributed by atoms with Crippen molar-refractivity contribution in [1.82, 2.24) is 10.2 Å². The lowest BCUT2D eigenvalue weighted by Gasteiger charge is -2.35. The Bertz CT molecular complexity index is 566. The van der Waals surface area contributed by atoms with Crippen LogP contribution in [-0.2, 0) is 4.79 Å².